The van der Waals surface area contributed by atoms with E-state index in [0.717, 1.165) is 45.3 Å². The molecule has 2 saturated heterocycles. The molecule has 17 heavy (non-hydrogen) atoms. The highest BCUT2D eigenvalue weighted by atomic mass is 16.5. The Morgan fingerprint density at radius 1 is 1.35 bits per heavy atom. The van der Waals surface area contributed by atoms with Gasteiger partial charge in [0.15, 0.2) is 0 Å². The van der Waals surface area contributed by atoms with Gasteiger partial charge < -0.3 is 20.1 Å². The molecular weight excluding hydrogens is 220 g/mol. The van der Waals surface area contributed by atoms with Gasteiger partial charge in [-0.05, 0) is 38.8 Å². The Kier molecular flexibility index (Phi) is 4.76. The Balaban J connectivity index is 1.69. The van der Waals surface area contributed by atoms with Crippen LogP contribution in [0.3, 0.4) is 0 Å². The van der Waals surface area contributed by atoms with E-state index in [1.54, 1.807) is 4.90 Å². The maximum Gasteiger partial charge on any atom is 0.248 e. The molecule has 0 saturated carbocycles. The van der Waals surface area contributed by atoms with Crippen LogP contribution in [0.2, 0.25) is 0 Å². The number of nitrogens with one attached hydrogen (secondary N) is 1. The minimum atomic E-state index is -0.355. The number of ether oxygens (including phenoxy) is 1. The molecule has 98 valence electrons. The summed E-state index contributed by atoms with van der Waals surface area (Å²) >= 11 is 0. The standard InChI is InChI=1S/C12H22N2O3/c15-10-2-1-7-14(8-10)12(16)9-17-11-3-5-13-6-4-11/h10-11,13,15H,1-9H2/t10-/m0/s1. The summed E-state index contributed by atoms with van der Waals surface area (Å²) in [5.74, 6) is 0.0160. The molecule has 5 heteroatoms. The van der Waals surface area contributed by atoms with Gasteiger partial charge >= 0.3 is 0 Å². The van der Waals surface area contributed by atoms with Crippen molar-refractivity contribution in [1.29, 1.82) is 0 Å². The number of carbonyl (C=O) groups excluding carboxylic acids is 1. The molecule has 2 rings (SSSR count). The molecule has 0 aromatic heterocycles. The lowest BCUT2D eigenvalue weighted by Crippen LogP contribution is -2.44. The fraction of sp³-hybridized carbons (Fsp3) is 0.917. The number of hydrogen-bond donors (Lipinski definition) is 2. The summed E-state index contributed by atoms with van der Waals surface area (Å²) in [5.41, 5.74) is 0. The lowest BCUT2D eigenvalue weighted by Gasteiger charge is -2.31. The smallest absolute Gasteiger partial charge is 0.248 e. The van der Waals surface area contributed by atoms with Crippen LogP contribution < -0.4 is 5.32 Å². The first kappa shape index (κ1) is 12.8. The van der Waals surface area contributed by atoms with E-state index in [4.69, 9.17) is 4.74 Å². The number of rotatable bonds is 3. The summed E-state index contributed by atoms with van der Waals surface area (Å²) in [6.07, 6.45) is 3.52. The number of carbonyl (C=O) groups is 1. The minimum Gasteiger partial charge on any atom is -0.391 e. The number of β-amino-alcohol motifs (C(OH)–C–C–N with tert-alkyl or cyclic N) is 1. The number of aliphatic hydroxyl groups is 1. The fourth-order valence-corrected chi connectivity index (χ4v) is 2.42. The van der Waals surface area contributed by atoms with Gasteiger partial charge in [0.05, 0.1) is 12.2 Å². The van der Waals surface area contributed by atoms with E-state index in [9.17, 15) is 9.90 Å². The van der Waals surface area contributed by atoms with Crippen molar-refractivity contribution >= 4 is 5.91 Å². The third-order valence-electron chi connectivity index (χ3n) is 3.48. The van der Waals surface area contributed by atoms with Gasteiger partial charge in [-0.15, -0.1) is 0 Å². The van der Waals surface area contributed by atoms with E-state index in [1.807, 2.05) is 0 Å². The van der Waals surface area contributed by atoms with E-state index in [-0.39, 0.29) is 24.7 Å². The van der Waals surface area contributed by atoms with Crippen molar-refractivity contribution in [3.8, 4) is 0 Å². The number of piperidine rings is 2. The second-order valence-corrected chi connectivity index (χ2v) is 4.90. The second-order valence-electron chi connectivity index (χ2n) is 4.90. The molecule has 0 aliphatic carbocycles. The third-order valence-corrected chi connectivity index (χ3v) is 3.48. The largest absolute Gasteiger partial charge is 0.391 e. The summed E-state index contributed by atoms with van der Waals surface area (Å²) in [7, 11) is 0. The zero-order valence-corrected chi connectivity index (χ0v) is 10.2. The lowest BCUT2D eigenvalue weighted by atomic mass is 10.1. The van der Waals surface area contributed by atoms with E-state index < -0.39 is 0 Å². The van der Waals surface area contributed by atoms with Crippen LogP contribution >= 0.6 is 0 Å². The van der Waals surface area contributed by atoms with Crippen LogP contribution in [0.4, 0.5) is 0 Å². The monoisotopic (exact) mass is 242 g/mol. The third kappa shape index (κ3) is 3.94. The van der Waals surface area contributed by atoms with Crippen molar-refractivity contribution < 1.29 is 14.6 Å². The molecule has 2 aliphatic rings. The topological polar surface area (TPSA) is 61.8 Å². The SMILES string of the molecule is O=C(COC1CCNCC1)N1CCC[C@H](O)C1. The summed E-state index contributed by atoms with van der Waals surface area (Å²) in [5, 5.41) is 12.8. The summed E-state index contributed by atoms with van der Waals surface area (Å²) in [4.78, 5) is 13.6. The molecule has 0 bridgehead atoms. The van der Waals surface area contributed by atoms with Crippen LogP contribution in [0.5, 0.6) is 0 Å². The molecule has 1 atom stereocenters. The van der Waals surface area contributed by atoms with Crippen LogP contribution in [0.15, 0.2) is 0 Å². The van der Waals surface area contributed by atoms with E-state index in [2.05, 4.69) is 5.32 Å². The van der Waals surface area contributed by atoms with E-state index in [1.165, 1.54) is 0 Å². The van der Waals surface area contributed by atoms with Crippen molar-refractivity contribution in [2.45, 2.75) is 37.9 Å². The van der Waals surface area contributed by atoms with Gasteiger partial charge in [-0.25, -0.2) is 0 Å². The molecule has 0 spiro atoms. The first-order valence-corrected chi connectivity index (χ1v) is 6.54. The van der Waals surface area contributed by atoms with E-state index >= 15 is 0 Å². The fourth-order valence-electron chi connectivity index (χ4n) is 2.42. The number of nitrogens with zero attached hydrogens (tertiary/aromatic N) is 1. The average molecular weight is 242 g/mol. The van der Waals surface area contributed by atoms with Gasteiger partial charge in [0.1, 0.15) is 6.61 Å². The quantitative estimate of drug-likeness (QED) is 0.716. The normalized spacial score (nSPS) is 27.1. The molecule has 2 N–H and O–H groups in total. The van der Waals surface area contributed by atoms with Crippen molar-refractivity contribution in [2.75, 3.05) is 32.8 Å². The molecule has 2 heterocycles. The molecule has 0 aromatic carbocycles. The molecule has 0 unspecified atom stereocenters. The highest BCUT2D eigenvalue weighted by Gasteiger charge is 2.23. The van der Waals surface area contributed by atoms with Crippen LogP contribution in [0, 0.1) is 0 Å². The predicted octanol–water partition coefficient (Wildman–Crippen LogP) is -0.262. The van der Waals surface area contributed by atoms with Gasteiger partial charge in [-0.1, -0.05) is 0 Å². The molecule has 0 radical (unpaired) electrons. The molecule has 1 amide bonds. The molecule has 2 fully saturated rings. The zero-order chi connectivity index (χ0) is 12.1. The van der Waals surface area contributed by atoms with Gasteiger partial charge in [0, 0.05) is 13.1 Å². The van der Waals surface area contributed by atoms with Crippen LogP contribution in [-0.2, 0) is 9.53 Å². The minimum absolute atomic E-state index is 0.0160. The summed E-state index contributed by atoms with van der Waals surface area (Å²) < 4.78 is 5.62. The molecular formula is C12H22N2O3. The number of likely N-dealkylation sites (tertiary alicyclic amines) is 1. The maximum atomic E-state index is 11.9. The van der Waals surface area contributed by atoms with Gasteiger partial charge in [0.2, 0.25) is 5.91 Å². The highest BCUT2D eigenvalue weighted by Crippen LogP contribution is 2.11. The van der Waals surface area contributed by atoms with Crippen molar-refractivity contribution in [1.82, 2.24) is 10.2 Å². The number of amides is 1. The molecule has 2 aliphatic heterocycles. The first-order chi connectivity index (χ1) is 8.25. The van der Waals surface area contributed by atoms with Crippen LogP contribution in [0.25, 0.3) is 0 Å². The molecule has 0 aromatic rings. The number of hydrogen-bond acceptors (Lipinski definition) is 4. The zero-order valence-electron chi connectivity index (χ0n) is 10.2. The van der Waals surface area contributed by atoms with Gasteiger partial charge in [0.25, 0.3) is 0 Å². The van der Waals surface area contributed by atoms with Crippen molar-refractivity contribution in [2.24, 2.45) is 0 Å². The Morgan fingerprint density at radius 3 is 2.82 bits per heavy atom. The van der Waals surface area contributed by atoms with Gasteiger partial charge in [-0.2, -0.15) is 0 Å². The van der Waals surface area contributed by atoms with Gasteiger partial charge in [-0.3, -0.25) is 4.79 Å². The Labute approximate surface area is 102 Å². The molecule has 5 nitrogen and oxygen atoms in total. The van der Waals surface area contributed by atoms with E-state index in [0.29, 0.717) is 6.54 Å². The maximum absolute atomic E-state index is 11.9. The van der Waals surface area contributed by atoms with Crippen LogP contribution in [0.1, 0.15) is 25.7 Å². The Morgan fingerprint density at radius 2 is 2.12 bits per heavy atom. The summed E-state index contributed by atoms with van der Waals surface area (Å²) in [6, 6.07) is 0. The van der Waals surface area contributed by atoms with Crippen molar-refractivity contribution in [3.05, 3.63) is 0 Å². The average Bonchev–Trinajstić information content (AvgIpc) is 2.37. The second kappa shape index (κ2) is 6.33. The Hall–Kier alpha value is -0.650. The van der Waals surface area contributed by atoms with Crippen LogP contribution in [-0.4, -0.2) is 60.9 Å². The lowest BCUT2D eigenvalue weighted by molar-refractivity contribution is -0.141. The first-order valence-electron chi connectivity index (χ1n) is 6.54. The summed E-state index contributed by atoms with van der Waals surface area (Å²) in [6.45, 7) is 3.33. The Bertz CT molecular complexity index is 254. The number of aliphatic hydroxyl groups excluding tert-OH is 1. The predicted molar refractivity (Wildman–Crippen MR) is 63.7 cm³/mol. The van der Waals surface area contributed by atoms with Crippen molar-refractivity contribution in [3.63, 3.8) is 0 Å². The highest BCUT2D eigenvalue weighted by molar-refractivity contribution is 5.77.